The molecule has 4 heterocycles. The summed E-state index contributed by atoms with van der Waals surface area (Å²) in [6, 6.07) is 15.0. The zero-order chi connectivity index (χ0) is 22.8. The molecule has 1 fully saturated rings. The number of aryl methyl sites for hydroxylation is 2. The Hall–Kier alpha value is -2.99. The average molecular weight is 443 g/mol. The van der Waals surface area contributed by atoms with E-state index in [9.17, 15) is 0 Å². The first-order chi connectivity index (χ1) is 16.1. The van der Waals surface area contributed by atoms with E-state index in [2.05, 4.69) is 54.1 Å². The predicted octanol–water partition coefficient (Wildman–Crippen LogP) is 4.73. The number of benzene rings is 1. The van der Waals surface area contributed by atoms with Crippen molar-refractivity contribution in [3.05, 3.63) is 76.9 Å². The first-order valence-corrected chi connectivity index (χ1v) is 12.2. The fraction of sp³-hybridized carbons (Fsp3) is 0.444. The number of imidazole rings is 1. The number of fused-ring (bicyclic) bond motifs is 1. The highest BCUT2D eigenvalue weighted by Crippen LogP contribution is 2.23. The summed E-state index contributed by atoms with van der Waals surface area (Å²) in [4.78, 5) is 7.02. The third kappa shape index (κ3) is 4.71. The highest BCUT2D eigenvalue weighted by molar-refractivity contribution is 5.42. The van der Waals surface area contributed by atoms with Gasteiger partial charge in [-0.2, -0.15) is 5.10 Å². The smallest absolute Gasteiger partial charge is 0.174 e. The van der Waals surface area contributed by atoms with Crippen LogP contribution in [-0.2, 0) is 12.8 Å². The molecule has 5 rings (SSSR count). The molecular weight excluding hydrogens is 408 g/mol. The minimum Gasteiger partial charge on any atom is -0.303 e. The second-order valence-corrected chi connectivity index (χ2v) is 9.50. The summed E-state index contributed by atoms with van der Waals surface area (Å²) in [6.45, 7) is 9.92. The van der Waals surface area contributed by atoms with Gasteiger partial charge in [0.15, 0.2) is 11.5 Å². The van der Waals surface area contributed by atoms with Crippen LogP contribution in [0.5, 0.6) is 0 Å². The highest BCUT2D eigenvalue weighted by atomic mass is 15.4. The van der Waals surface area contributed by atoms with Crippen LogP contribution >= 0.6 is 0 Å². The number of hydrogen-bond acceptors (Lipinski definition) is 4. The van der Waals surface area contributed by atoms with E-state index in [1.807, 2.05) is 34.5 Å². The van der Waals surface area contributed by atoms with E-state index < -0.39 is 0 Å². The maximum Gasteiger partial charge on any atom is 0.174 e. The molecule has 0 atom stereocenters. The van der Waals surface area contributed by atoms with Crippen molar-refractivity contribution in [2.75, 3.05) is 19.6 Å². The van der Waals surface area contributed by atoms with Crippen LogP contribution in [-0.4, -0.2) is 48.9 Å². The van der Waals surface area contributed by atoms with Gasteiger partial charge in [-0.15, -0.1) is 5.10 Å². The quantitative estimate of drug-likeness (QED) is 0.415. The topological polar surface area (TPSA) is 51.3 Å². The van der Waals surface area contributed by atoms with Crippen LogP contribution in [0, 0.1) is 26.7 Å². The third-order valence-electron chi connectivity index (χ3n) is 7.15. The van der Waals surface area contributed by atoms with Gasteiger partial charge >= 0.3 is 0 Å². The van der Waals surface area contributed by atoms with Gasteiger partial charge in [0.2, 0.25) is 0 Å². The molecule has 0 radical (unpaired) electrons. The van der Waals surface area contributed by atoms with Crippen molar-refractivity contribution in [1.82, 2.24) is 29.3 Å². The van der Waals surface area contributed by atoms with Crippen LogP contribution in [0.2, 0.25) is 0 Å². The molecule has 33 heavy (non-hydrogen) atoms. The molecule has 0 N–H and O–H groups in total. The van der Waals surface area contributed by atoms with Crippen molar-refractivity contribution in [3.63, 3.8) is 0 Å². The lowest BCUT2D eigenvalue weighted by atomic mass is 9.90. The summed E-state index contributed by atoms with van der Waals surface area (Å²) in [7, 11) is 0. The first kappa shape index (κ1) is 21.8. The Labute approximate surface area is 196 Å². The first-order valence-electron chi connectivity index (χ1n) is 12.2. The van der Waals surface area contributed by atoms with Crippen molar-refractivity contribution in [2.45, 2.75) is 52.9 Å². The zero-order valence-corrected chi connectivity index (χ0v) is 20.0. The third-order valence-corrected chi connectivity index (χ3v) is 7.15. The fourth-order valence-electron chi connectivity index (χ4n) is 5.19. The lowest BCUT2D eigenvalue weighted by Gasteiger charge is -2.32. The SMILES string of the molecule is Cc1nn(-c2ccc3ncc(C)n3n2)c(C)c1CCCN1CCC(Cc2ccccc2)CC1. The summed E-state index contributed by atoms with van der Waals surface area (Å²) in [5.41, 5.74) is 7.04. The lowest BCUT2D eigenvalue weighted by molar-refractivity contribution is 0.182. The van der Waals surface area contributed by atoms with Gasteiger partial charge in [-0.1, -0.05) is 30.3 Å². The number of likely N-dealkylation sites (tertiary alicyclic amines) is 1. The van der Waals surface area contributed by atoms with E-state index in [-0.39, 0.29) is 0 Å². The van der Waals surface area contributed by atoms with E-state index in [1.165, 1.54) is 62.1 Å². The Morgan fingerprint density at radius 2 is 1.73 bits per heavy atom. The highest BCUT2D eigenvalue weighted by Gasteiger charge is 2.20. The molecule has 172 valence electrons. The van der Waals surface area contributed by atoms with Crippen LogP contribution in [0.4, 0.5) is 0 Å². The Kier molecular flexibility index (Phi) is 6.27. The molecule has 1 saturated heterocycles. The van der Waals surface area contributed by atoms with E-state index in [0.717, 1.165) is 35.2 Å². The zero-order valence-electron chi connectivity index (χ0n) is 20.0. The number of aromatic nitrogens is 5. The van der Waals surface area contributed by atoms with Gasteiger partial charge in [-0.3, -0.25) is 0 Å². The molecule has 1 aromatic carbocycles. The Bertz CT molecular complexity index is 1210. The lowest BCUT2D eigenvalue weighted by Crippen LogP contribution is -2.35. The van der Waals surface area contributed by atoms with E-state index in [1.54, 1.807) is 0 Å². The van der Waals surface area contributed by atoms with Crippen LogP contribution in [0.15, 0.2) is 48.7 Å². The van der Waals surface area contributed by atoms with Gasteiger partial charge in [0, 0.05) is 5.69 Å². The summed E-state index contributed by atoms with van der Waals surface area (Å²) in [5, 5.41) is 9.58. The number of rotatable bonds is 7. The summed E-state index contributed by atoms with van der Waals surface area (Å²) in [5.74, 6) is 1.67. The van der Waals surface area contributed by atoms with E-state index in [4.69, 9.17) is 10.2 Å². The van der Waals surface area contributed by atoms with Gasteiger partial charge in [-0.25, -0.2) is 14.2 Å². The van der Waals surface area contributed by atoms with Crippen molar-refractivity contribution in [1.29, 1.82) is 0 Å². The molecule has 0 unspecified atom stereocenters. The molecule has 1 aliphatic heterocycles. The van der Waals surface area contributed by atoms with Crippen LogP contribution < -0.4 is 0 Å². The summed E-state index contributed by atoms with van der Waals surface area (Å²) in [6.07, 6.45) is 7.94. The molecule has 1 aliphatic rings. The van der Waals surface area contributed by atoms with Gasteiger partial charge < -0.3 is 4.90 Å². The van der Waals surface area contributed by atoms with Crippen molar-refractivity contribution < 1.29 is 0 Å². The molecule has 0 bridgehead atoms. The molecule has 0 amide bonds. The Balaban J connectivity index is 1.16. The number of piperidine rings is 1. The van der Waals surface area contributed by atoms with Crippen molar-refractivity contribution in [2.24, 2.45) is 5.92 Å². The van der Waals surface area contributed by atoms with Gasteiger partial charge in [0.25, 0.3) is 0 Å². The summed E-state index contributed by atoms with van der Waals surface area (Å²) >= 11 is 0. The molecule has 0 aliphatic carbocycles. The Morgan fingerprint density at radius 1 is 0.939 bits per heavy atom. The maximum atomic E-state index is 4.82. The predicted molar refractivity (Wildman–Crippen MR) is 132 cm³/mol. The van der Waals surface area contributed by atoms with Crippen LogP contribution in [0.25, 0.3) is 11.5 Å². The Morgan fingerprint density at radius 3 is 2.52 bits per heavy atom. The monoisotopic (exact) mass is 442 g/mol. The average Bonchev–Trinajstić information content (AvgIpc) is 3.34. The maximum absolute atomic E-state index is 4.82. The largest absolute Gasteiger partial charge is 0.303 e. The second kappa shape index (κ2) is 9.48. The molecule has 0 spiro atoms. The molecule has 0 saturated carbocycles. The molecule has 6 nitrogen and oxygen atoms in total. The van der Waals surface area contributed by atoms with Gasteiger partial charge in [-0.05, 0) is 102 Å². The molecule has 3 aromatic heterocycles. The van der Waals surface area contributed by atoms with Crippen molar-refractivity contribution >= 4 is 5.65 Å². The minimum atomic E-state index is 0.829. The van der Waals surface area contributed by atoms with Gasteiger partial charge in [0.1, 0.15) is 0 Å². The number of nitrogens with zero attached hydrogens (tertiary/aromatic N) is 6. The van der Waals surface area contributed by atoms with Crippen LogP contribution in [0.3, 0.4) is 0 Å². The van der Waals surface area contributed by atoms with E-state index in [0.29, 0.717) is 0 Å². The van der Waals surface area contributed by atoms with Crippen molar-refractivity contribution in [3.8, 4) is 5.82 Å². The fourth-order valence-corrected chi connectivity index (χ4v) is 5.19. The van der Waals surface area contributed by atoms with Gasteiger partial charge in [0.05, 0.1) is 17.6 Å². The molecule has 6 heteroatoms. The molecular formula is C27H34N6. The molecule has 4 aromatic rings. The van der Waals surface area contributed by atoms with E-state index >= 15 is 0 Å². The minimum absolute atomic E-state index is 0.829. The standard InChI is InChI=1S/C27H34N6/c1-20-19-28-26-11-12-27(30-32(20)26)33-22(3)25(21(2)29-33)10-7-15-31-16-13-24(14-17-31)18-23-8-5-4-6-9-23/h4-6,8-9,11-12,19,24H,7,10,13-18H2,1-3H3. The normalized spacial score (nSPS) is 15.5. The van der Waals surface area contributed by atoms with Crippen LogP contribution in [0.1, 0.15) is 47.5 Å². The summed E-state index contributed by atoms with van der Waals surface area (Å²) < 4.78 is 3.87. The number of hydrogen-bond donors (Lipinski definition) is 0. The second-order valence-electron chi connectivity index (χ2n) is 9.50.